The van der Waals surface area contributed by atoms with Gasteiger partial charge in [0, 0.05) is 12.8 Å². The van der Waals surface area contributed by atoms with Crippen molar-refractivity contribution < 1.29 is 19.4 Å². The van der Waals surface area contributed by atoms with Gasteiger partial charge in [0.1, 0.15) is 5.78 Å². The Morgan fingerprint density at radius 1 is 1.38 bits per heavy atom. The Kier molecular flexibility index (Phi) is 3.28. The van der Waals surface area contributed by atoms with Gasteiger partial charge < -0.3 is 9.84 Å². The van der Waals surface area contributed by atoms with Crippen LogP contribution < -0.4 is 0 Å². The van der Waals surface area contributed by atoms with Crippen LogP contribution >= 0.6 is 0 Å². The largest absolute Gasteiger partial charge is 0.466 e. The summed E-state index contributed by atoms with van der Waals surface area (Å²) in [5, 5.41) is 9.77. The van der Waals surface area contributed by atoms with Crippen LogP contribution in [0.4, 0.5) is 0 Å². The minimum Gasteiger partial charge on any atom is -0.466 e. The zero-order valence-corrected chi connectivity index (χ0v) is 9.52. The molecule has 16 heavy (non-hydrogen) atoms. The van der Waals surface area contributed by atoms with E-state index in [4.69, 9.17) is 4.74 Å². The topological polar surface area (TPSA) is 63.6 Å². The van der Waals surface area contributed by atoms with Crippen LogP contribution in [0.2, 0.25) is 0 Å². The van der Waals surface area contributed by atoms with Crippen molar-refractivity contribution in [3.8, 4) is 0 Å². The maximum atomic E-state index is 11.7. The molecule has 0 amide bonds. The lowest BCUT2D eigenvalue weighted by Crippen LogP contribution is -2.38. The molecule has 4 atom stereocenters. The molecule has 0 unspecified atom stereocenters. The van der Waals surface area contributed by atoms with Crippen LogP contribution in [-0.2, 0) is 14.3 Å². The summed E-state index contributed by atoms with van der Waals surface area (Å²) >= 11 is 0. The fourth-order valence-corrected chi connectivity index (χ4v) is 3.11. The molecule has 0 aliphatic heterocycles. The van der Waals surface area contributed by atoms with E-state index in [0.29, 0.717) is 25.9 Å². The highest BCUT2D eigenvalue weighted by Crippen LogP contribution is 2.44. The Morgan fingerprint density at radius 3 is 2.81 bits per heavy atom. The third-order valence-corrected chi connectivity index (χ3v) is 3.86. The number of rotatable bonds is 2. The van der Waals surface area contributed by atoms with Crippen molar-refractivity contribution in [1.29, 1.82) is 0 Å². The van der Waals surface area contributed by atoms with Crippen molar-refractivity contribution in [2.24, 2.45) is 17.8 Å². The van der Waals surface area contributed by atoms with Gasteiger partial charge in [-0.25, -0.2) is 0 Å². The molecule has 2 saturated carbocycles. The first kappa shape index (κ1) is 11.6. The van der Waals surface area contributed by atoms with Crippen LogP contribution in [0.15, 0.2) is 0 Å². The number of esters is 1. The average molecular weight is 226 g/mol. The minimum absolute atomic E-state index is 0.0179. The summed E-state index contributed by atoms with van der Waals surface area (Å²) in [6.07, 6.45) is 1.86. The number of Topliss-reactive ketones (excluding diaryl/α,β-unsaturated/α-hetero) is 1. The van der Waals surface area contributed by atoms with Gasteiger partial charge in [-0.05, 0) is 31.6 Å². The number of aliphatic hydroxyl groups excluding tert-OH is 1. The van der Waals surface area contributed by atoms with E-state index in [0.717, 1.165) is 6.42 Å². The standard InChI is InChI=1S/C12H18O4/c1-2-16-12(15)10-6-7(13)5-9-8(10)3-4-11(9)14/h8-11,14H,2-6H2,1H3/t8-,9-,10-,11+/m1/s1. The number of hydrogen-bond donors (Lipinski definition) is 1. The summed E-state index contributed by atoms with van der Waals surface area (Å²) in [5.74, 6) is -0.370. The first-order valence-corrected chi connectivity index (χ1v) is 6.00. The molecule has 0 heterocycles. The van der Waals surface area contributed by atoms with Gasteiger partial charge in [0.05, 0.1) is 18.6 Å². The first-order valence-electron chi connectivity index (χ1n) is 6.00. The second-order valence-corrected chi connectivity index (χ2v) is 4.78. The van der Waals surface area contributed by atoms with E-state index in [2.05, 4.69) is 0 Å². The highest BCUT2D eigenvalue weighted by atomic mass is 16.5. The molecule has 4 heteroatoms. The second kappa shape index (κ2) is 4.53. The molecule has 0 radical (unpaired) electrons. The fraction of sp³-hybridized carbons (Fsp3) is 0.833. The SMILES string of the molecule is CCOC(=O)[C@@H]1CC(=O)C[C@@H]2[C@H]1CC[C@@H]2O. The number of carbonyl (C=O) groups is 2. The molecule has 2 aliphatic rings. The molecule has 2 aliphatic carbocycles. The average Bonchev–Trinajstić information content (AvgIpc) is 2.60. The third kappa shape index (κ3) is 1.98. The number of carbonyl (C=O) groups excluding carboxylic acids is 2. The Balaban J connectivity index is 2.12. The van der Waals surface area contributed by atoms with Gasteiger partial charge in [-0.2, -0.15) is 0 Å². The number of hydrogen-bond acceptors (Lipinski definition) is 4. The molecule has 90 valence electrons. The van der Waals surface area contributed by atoms with Gasteiger partial charge in [0.2, 0.25) is 0 Å². The lowest BCUT2D eigenvalue weighted by atomic mass is 9.73. The maximum Gasteiger partial charge on any atom is 0.309 e. The van der Waals surface area contributed by atoms with Crippen LogP contribution in [-0.4, -0.2) is 29.6 Å². The summed E-state index contributed by atoms with van der Waals surface area (Å²) < 4.78 is 5.00. The van der Waals surface area contributed by atoms with Crippen LogP contribution in [0.1, 0.15) is 32.6 Å². The third-order valence-electron chi connectivity index (χ3n) is 3.86. The maximum absolute atomic E-state index is 11.7. The van der Waals surface area contributed by atoms with Crippen molar-refractivity contribution in [1.82, 2.24) is 0 Å². The number of fused-ring (bicyclic) bond motifs is 1. The lowest BCUT2D eigenvalue weighted by molar-refractivity contribution is -0.155. The predicted octanol–water partition coefficient (Wildman–Crippen LogP) is 0.916. The highest BCUT2D eigenvalue weighted by Gasteiger charge is 2.47. The minimum atomic E-state index is -0.411. The van der Waals surface area contributed by atoms with E-state index < -0.39 is 6.10 Å². The summed E-state index contributed by atoms with van der Waals surface area (Å²) in [6, 6.07) is 0. The van der Waals surface area contributed by atoms with E-state index in [1.165, 1.54) is 0 Å². The van der Waals surface area contributed by atoms with Gasteiger partial charge >= 0.3 is 5.97 Å². The summed E-state index contributed by atoms with van der Waals surface area (Å²) in [5.41, 5.74) is 0. The Hall–Kier alpha value is -0.900. The van der Waals surface area contributed by atoms with Crippen LogP contribution in [0.5, 0.6) is 0 Å². The summed E-state index contributed by atoms with van der Waals surface area (Å²) in [6.45, 7) is 2.12. The van der Waals surface area contributed by atoms with E-state index in [-0.39, 0.29) is 29.5 Å². The molecule has 0 aromatic rings. The van der Waals surface area contributed by atoms with Crippen molar-refractivity contribution in [3.63, 3.8) is 0 Å². The monoisotopic (exact) mass is 226 g/mol. The molecule has 2 fully saturated rings. The smallest absolute Gasteiger partial charge is 0.309 e. The summed E-state index contributed by atoms with van der Waals surface area (Å²) in [4.78, 5) is 23.3. The highest BCUT2D eigenvalue weighted by molar-refractivity contribution is 5.86. The Bertz CT molecular complexity index is 299. The normalized spacial score (nSPS) is 38.2. The van der Waals surface area contributed by atoms with Crippen LogP contribution in [0.25, 0.3) is 0 Å². The Morgan fingerprint density at radius 2 is 2.12 bits per heavy atom. The van der Waals surface area contributed by atoms with Gasteiger partial charge in [0.15, 0.2) is 0 Å². The quantitative estimate of drug-likeness (QED) is 0.711. The molecule has 4 nitrogen and oxygen atoms in total. The molecule has 0 aromatic carbocycles. The molecule has 2 rings (SSSR count). The van der Waals surface area contributed by atoms with E-state index in [1.807, 2.05) is 0 Å². The number of ether oxygens (including phenoxy) is 1. The van der Waals surface area contributed by atoms with Crippen molar-refractivity contribution >= 4 is 11.8 Å². The first-order chi connectivity index (χ1) is 7.63. The molecule has 1 N–H and O–H groups in total. The lowest BCUT2D eigenvalue weighted by Gasteiger charge is -2.32. The van der Waals surface area contributed by atoms with Crippen LogP contribution in [0.3, 0.4) is 0 Å². The number of aliphatic hydroxyl groups is 1. The van der Waals surface area contributed by atoms with E-state index in [9.17, 15) is 14.7 Å². The molecule has 0 aromatic heterocycles. The van der Waals surface area contributed by atoms with Gasteiger partial charge in [0.25, 0.3) is 0 Å². The van der Waals surface area contributed by atoms with Crippen molar-refractivity contribution in [3.05, 3.63) is 0 Å². The molecular formula is C12H18O4. The molecule has 0 saturated heterocycles. The molecular weight excluding hydrogens is 208 g/mol. The number of ketones is 1. The second-order valence-electron chi connectivity index (χ2n) is 4.78. The van der Waals surface area contributed by atoms with Gasteiger partial charge in [-0.1, -0.05) is 0 Å². The Labute approximate surface area is 95.0 Å². The van der Waals surface area contributed by atoms with E-state index in [1.54, 1.807) is 6.92 Å². The molecule has 0 bridgehead atoms. The molecule has 0 spiro atoms. The summed E-state index contributed by atoms with van der Waals surface area (Å²) in [7, 11) is 0. The van der Waals surface area contributed by atoms with Crippen LogP contribution in [0, 0.1) is 17.8 Å². The zero-order chi connectivity index (χ0) is 11.7. The van der Waals surface area contributed by atoms with Crippen molar-refractivity contribution in [2.75, 3.05) is 6.61 Å². The zero-order valence-electron chi connectivity index (χ0n) is 9.52. The fourth-order valence-electron chi connectivity index (χ4n) is 3.11. The van der Waals surface area contributed by atoms with Crippen molar-refractivity contribution in [2.45, 2.75) is 38.7 Å². The van der Waals surface area contributed by atoms with E-state index >= 15 is 0 Å². The van der Waals surface area contributed by atoms with Gasteiger partial charge in [-0.15, -0.1) is 0 Å². The predicted molar refractivity (Wildman–Crippen MR) is 56.6 cm³/mol. The van der Waals surface area contributed by atoms with Gasteiger partial charge in [-0.3, -0.25) is 9.59 Å².